The highest BCUT2D eigenvalue weighted by molar-refractivity contribution is 4.65. The zero-order valence-corrected chi connectivity index (χ0v) is 7.51. The topological polar surface area (TPSA) is 9.23 Å². The van der Waals surface area contributed by atoms with Crippen LogP contribution in [0.1, 0.15) is 39.0 Å². The van der Waals surface area contributed by atoms with Crippen molar-refractivity contribution in [2.45, 2.75) is 39.0 Å². The average Bonchev–Trinajstić information content (AvgIpc) is 2.03. The molecule has 0 aliphatic heterocycles. The van der Waals surface area contributed by atoms with Crippen molar-refractivity contribution in [2.24, 2.45) is 0 Å². The Labute approximate surface area is 70.4 Å². The summed E-state index contributed by atoms with van der Waals surface area (Å²) in [5, 5.41) is 0. The van der Waals surface area contributed by atoms with E-state index < -0.39 is 0 Å². The van der Waals surface area contributed by atoms with Gasteiger partial charge in [-0.2, -0.15) is 0 Å². The zero-order chi connectivity index (χ0) is 8.36. The molecule has 0 N–H and O–H groups in total. The second kappa shape index (κ2) is 9.70. The summed E-state index contributed by atoms with van der Waals surface area (Å²) < 4.78 is 5.09. The van der Waals surface area contributed by atoms with Crippen LogP contribution in [0.25, 0.3) is 0 Å². The first-order valence-electron chi connectivity index (χ1n) is 4.42. The Kier molecular flexibility index (Phi) is 9.44. The van der Waals surface area contributed by atoms with Gasteiger partial charge in [0.2, 0.25) is 0 Å². The van der Waals surface area contributed by atoms with Crippen molar-refractivity contribution in [3.05, 3.63) is 19.3 Å². The quantitative estimate of drug-likeness (QED) is 0.386. The molecule has 0 fully saturated rings. The molecule has 0 atom stereocenters. The average molecular weight is 155 g/mol. The minimum absolute atomic E-state index is 0.880. The Morgan fingerprint density at radius 3 is 2.55 bits per heavy atom. The van der Waals surface area contributed by atoms with Crippen molar-refractivity contribution in [2.75, 3.05) is 6.61 Å². The molecule has 0 saturated carbocycles. The number of ether oxygens (including phenoxy) is 1. The Morgan fingerprint density at radius 1 is 1.18 bits per heavy atom. The maximum absolute atomic E-state index is 5.09. The van der Waals surface area contributed by atoms with Gasteiger partial charge < -0.3 is 4.74 Å². The molecule has 1 radical (unpaired) electrons. The van der Waals surface area contributed by atoms with Gasteiger partial charge in [0.25, 0.3) is 0 Å². The van der Waals surface area contributed by atoms with E-state index in [-0.39, 0.29) is 0 Å². The van der Waals surface area contributed by atoms with E-state index in [4.69, 9.17) is 4.74 Å². The molecule has 0 aliphatic carbocycles. The minimum atomic E-state index is 0.880. The normalized spacial score (nSPS) is 9.91. The first-order valence-corrected chi connectivity index (χ1v) is 4.42. The summed E-state index contributed by atoms with van der Waals surface area (Å²) in [5.41, 5.74) is 0. The largest absolute Gasteiger partial charge is 0.376 e. The van der Waals surface area contributed by atoms with Gasteiger partial charge in [0.05, 0.1) is 6.61 Å². The van der Waals surface area contributed by atoms with Crippen LogP contribution < -0.4 is 0 Å². The molecule has 1 nitrogen and oxygen atoms in total. The molecule has 0 aliphatic rings. The first kappa shape index (κ1) is 10.7. The van der Waals surface area contributed by atoms with E-state index in [1.165, 1.54) is 25.7 Å². The number of hydrogen-bond donors (Lipinski definition) is 0. The van der Waals surface area contributed by atoms with Gasteiger partial charge >= 0.3 is 0 Å². The molecule has 0 bridgehead atoms. The van der Waals surface area contributed by atoms with E-state index in [0.29, 0.717) is 0 Å². The highest BCUT2D eigenvalue weighted by Crippen LogP contribution is 2.03. The van der Waals surface area contributed by atoms with Crippen molar-refractivity contribution in [1.29, 1.82) is 0 Å². The smallest absolute Gasteiger partial charge is 0.0805 e. The lowest BCUT2D eigenvalue weighted by Crippen LogP contribution is -1.89. The predicted octanol–water partition coefficient (Wildman–Crippen LogP) is 3.32. The molecular weight excluding hydrogens is 136 g/mol. The fourth-order valence-electron chi connectivity index (χ4n) is 0.945. The van der Waals surface area contributed by atoms with Crippen molar-refractivity contribution < 1.29 is 4.74 Å². The fraction of sp³-hybridized carbons (Fsp3) is 0.700. The van der Waals surface area contributed by atoms with Gasteiger partial charge in [0.15, 0.2) is 0 Å². The van der Waals surface area contributed by atoms with Crippen LogP contribution in [0, 0.1) is 6.61 Å². The van der Waals surface area contributed by atoms with Crippen LogP contribution in [0.4, 0.5) is 0 Å². The van der Waals surface area contributed by atoms with Gasteiger partial charge in [-0.25, -0.2) is 0 Å². The Balaban J connectivity index is 2.74. The predicted molar refractivity (Wildman–Crippen MR) is 49.2 cm³/mol. The standard InChI is InChI=1S/C10H19O/c1-3-5-6-7-8-9-10-11-4-2/h3-4H,1,5-10H2,2H3. The molecule has 0 aromatic rings. The third-order valence-electron chi connectivity index (χ3n) is 1.59. The van der Waals surface area contributed by atoms with Gasteiger partial charge in [-0.05, 0) is 26.2 Å². The molecule has 0 heterocycles. The number of hydrogen-bond acceptors (Lipinski definition) is 1. The van der Waals surface area contributed by atoms with Crippen LogP contribution in [-0.4, -0.2) is 6.61 Å². The Morgan fingerprint density at radius 2 is 1.91 bits per heavy atom. The molecule has 0 rings (SSSR count). The van der Waals surface area contributed by atoms with E-state index in [1.54, 1.807) is 6.61 Å². The Hall–Kier alpha value is -0.300. The van der Waals surface area contributed by atoms with Crippen LogP contribution in [0.2, 0.25) is 0 Å². The van der Waals surface area contributed by atoms with Crippen LogP contribution in [-0.2, 0) is 4.74 Å². The molecule has 1 heteroatoms. The first-order chi connectivity index (χ1) is 5.41. The molecule has 0 aromatic carbocycles. The van der Waals surface area contributed by atoms with Crippen molar-refractivity contribution in [3.8, 4) is 0 Å². The van der Waals surface area contributed by atoms with E-state index in [1.807, 2.05) is 13.0 Å². The number of rotatable bonds is 8. The highest BCUT2D eigenvalue weighted by Gasteiger charge is 1.88. The molecular formula is C10H19O. The summed E-state index contributed by atoms with van der Waals surface area (Å²) in [6, 6.07) is 0. The van der Waals surface area contributed by atoms with Crippen LogP contribution in [0.5, 0.6) is 0 Å². The molecule has 11 heavy (non-hydrogen) atoms. The SMILES string of the molecule is C=CCCCCCCO[CH]C. The number of allylic oxidation sites excluding steroid dienone is 1. The maximum Gasteiger partial charge on any atom is 0.0805 e. The Bertz CT molecular complexity index is 78.9. The van der Waals surface area contributed by atoms with Crippen LogP contribution in [0.15, 0.2) is 12.7 Å². The summed E-state index contributed by atoms with van der Waals surface area (Å²) in [6.07, 6.45) is 8.18. The number of unbranched alkanes of at least 4 members (excludes halogenated alkanes) is 4. The summed E-state index contributed by atoms with van der Waals surface area (Å²) in [5.74, 6) is 0. The van der Waals surface area contributed by atoms with E-state index in [2.05, 4.69) is 6.58 Å². The minimum Gasteiger partial charge on any atom is -0.376 e. The second-order valence-corrected chi connectivity index (χ2v) is 2.60. The van der Waals surface area contributed by atoms with E-state index >= 15 is 0 Å². The van der Waals surface area contributed by atoms with Crippen LogP contribution in [0.3, 0.4) is 0 Å². The lowest BCUT2D eigenvalue weighted by molar-refractivity contribution is 0.197. The zero-order valence-electron chi connectivity index (χ0n) is 7.51. The van der Waals surface area contributed by atoms with Crippen molar-refractivity contribution >= 4 is 0 Å². The third-order valence-corrected chi connectivity index (χ3v) is 1.59. The summed E-state index contributed by atoms with van der Waals surface area (Å²) in [7, 11) is 0. The summed E-state index contributed by atoms with van der Waals surface area (Å²) in [4.78, 5) is 0. The maximum atomic E-state index is 5.09. The van der Waals surface area contributed by atoms with Gasteiger partial charge in [0.1, 0.15) is 0 Å². The molecule has 0 spiro atoms. The summed E-state index contributed by atoms with van der Waals surface area (Å²) >= 11 is 0. The highest BCUT2D eigenvalue weighted by atomic mass is 16.5. The lowest BCUT2D eigenvalue weighted by atomic mass is 10.1. The van der Waals surface area contributed by atoms with Gasteiger partial charge in [-0.3, -0.25) is 0 Å². The second-order valence-electron chi connectivity index (χ2n) is 2.60. The molecule has 0 aromatic heterocycles. The molecule has 0 unspecified atom stereocenters. The monoisotopic (exact) mass is 155 g/mol. The van der Waals surface area contributed by atoms with Crippen molar-refractivity contribution in [1.82, 2.24) is 0 Å². The molecule has 65 valence electrons. The van der Waals surface area contributed by atoms with Gasteiger partial charge in [-0.1, -0.05) is 18.9 Å². The van der Waals surface area contributed by atoms with Gasteiger partial charge in [-0.15, -0.1) is 6.58 Å². The van der Waals surface area contributed by atoms with E-state index in [9.17, 15) is 0 Å². The fourth-order valence-corrected chi connectivity index (χ4v) is 0.945. The lowest BCUT2D eigenvalue weighted by Gasteiger charge is -1.99. The van der Waals surface area contributed by atoms with Crippen LogP contribution >= 0.6 is 0 Å². The van der Waals surface area contributed by atoms with Crippen molar-refractivity contribution in [3.63, 3.8) is 0 Å². The van der Waals surface area contributed by atoms with E-state index in [0.717, 1.165) is 13.0 Å². The third kappa shape index (κ3) is 9.70. The van der Waals surface area contributed by atoms with Gasteiger partial charge in [0, 0.05) is 6.61 Å². The summed E-state index contributed by atoms with van der Waals surface area (Å²) in [6.45, 7) is 8.23. The molecule has 0 amide bonds. The molecule has 0 saturated heterocycles.